The highest BCUT2D eigenvalue weighted by Crippen LogP contribution is 2.24. The molecular formula is C6H10F2N2O. The van der Waals surface area contributed by atoms with E-state index in [9.17, 15) is 13.6 Å². The van der Waals surface area contributed by atoms with Crippen molar-refractivity contribution < 1.29 is 13.6 Å². The van der Waals surface area contributed by atoms with Crippen LogP contribution in [0.4, 0.5) is 8.78 Å². The fraction of sp³-hybridized carbons (Fsp3) is 0.833. The van der Waals surface area contributed by atoms with Crippen molar-refractivity contribution in [1.82, 2.24) is 10.4 Å². The smallest absolute Gasteiger partial charge is 0.276 e. The fourth-order valence-electron chi connectivity index (χ4n) is 0.847. The summed E-state index contributed by atoms with van der Waals surface area (Å²) in [7, 11) is 0. The molecule has 0 radical (unpaired) electrons. The van der Waals surface area contributed by atoms with E-state index in [0.717, 1.165) is 0 Å². The molecule has 5 heteroatoms. The molecule has 1 aliphatic rings. The highest BCUT2D eigenvalue weighted by Gasteiger charge is 2.44. The monoisotopic (exact) mass is 164 g/mol. The number of hydrogen-bond donors (Lipinski definition) is 1. The molecule has 0 saturated carbocycles. The number of nitrogens with one attached hydrogen (secondary N) is 1. The van der Waals surface area contributed by atoms with E-state index in [1.165, 1.54) is 5.01 Å². The van der Waals surface area contributed by atoms with Crippen LogP contribution in [0.25, 0.3) is 0 Å². The molecule has 1 amide bonds. The average Bonchev–Trinajstić information content (AvgIpc) is 1.83. The average molecular weight is 164 g/mol. The van der Waals surface area contributed by atoms with Crippen molar-refractivity contribution >= 4 is 5.91 Å². The van der Waals surface area contributed by atoms with Crippen LogP contribution in [0.15, 0.2) is 0 Å². The van der Waals surface area contributed by atoms with Gasteiger partial charge in [0.1, 0.15) is 0 Å². The minimum Gasteiger partial charge on any atom is -0.288 e. The van der Waals surface area contributed by atoms with Crippen LogP contribution in [0.1, 0.15) is 13.3 Å². The third-order valence-corrected chi connectivity index (χ3v) is 1.45. The minimum atomic E-state index is -2.61. The molecule has 1 N–H and O–H groups in total. The van der Waals surface area contributed by atoms with Crippen LogP contribution in [0.5, 0.6) is 0 Å². The van der Waals surface area contributed by atoms with E-state index in [-0.39, 0.29) is 19.0 Å². The third-order valence-electron chi connectivity index (χ3n) is 1.45. The van der Waals surface area contributed by atoms with Gasteiger partial charge in [-0.25, -0.2) is 13.8 Å². The molecule has 0 atom stereocenters. The second-order valence-corrected chi connectivity index (χ2v) is 2.60. The van der Waals surface area contributed by atoms with Crippen LogP contribution in [-0.2, 0) is 4.79 Å². The van der Waals surface area contributed by atoms with Gasteiger partial charge in [-0.15, -0.1) is 0 Å². The summed E-state index contributed by atoms with van der Waals surface area (Å²) in [6.07, 6.45) is 0.321. The van der Waals surface area contributed by atoms with Crippen LogP contribution < -0.4 is 5.43 Å². The molecule has 0 aromatic carbocycles. The molecule has 64 valence electrons. The van der Waals surface area contributed by atoms with Gasteiger partial charge in [-0.05, 0) is 0 Å². The van der Waals surface area contributed by atoms with Gasteiger partial charge >= 0.3 is 0 Å². The third kappa shape index (κ3) is 2.11. The van der Waals surface area contributed by atoms with Gasteiger partial charge in [-0.1, -0.05) is 6.92 Å². The van der Waals surface area contributed by atoms with E-state index in [4.69, 9.17) is 0 Å². The van der Waals surface area contributed by atoms with E-state index in [1.54, 1.807) is 6.92 Å². The Hall–Kier alpha value is -0.710. The molecule has 0 aromatic rings. The Balaban J connectivity index is 2.19. The SMILES string of the molecule is CCC(=O)NN1CC(F)(F)C1. The summed E-state index contributed by atoms with van der Waals surface area (Å²) in [5.74, 6) is -2.83. The Morgan fingerprint density at radius 2 is 2.18 bits per heavy atom. The molecule has 1 saturated heterocycles. The Morgan fingerprint density at radius 1 is 1.64 bits per heavy atom. The lowest BCUT2D eigenvalue weighted by atomic mass is 10.2. The first-order valence-electron chi connectivity index (χ1n) is 3.46. The zero-order chi connectivity index (χ0) is 8.48. The summed E-state index contributed by atoms with van der Waals surface area (Å²) in [6, 6.07) is 0. The molecule has 0 aromatic heterocycles. The number of halogens is 2. The molecule has 1 aliphatic heterocycles. The summed E-state index contributed by atoms with van der Waals surface area (Å²) >= 11 is 0. The van der Waals surface area contributed by atoms with Crippen molar-refractivity contribution in [3.05, 3.63) is 0 Å². The zero-order valence-corrected chi connectivity index (χ0v) is 6.23. The second-order valence-electron chi connectivity index (χ2n) is 2.60. The van der Waals surface area contributed by atoms with Crippen molar-refractivity contribution in [2.45, 2.75) is 19.3 Å². The molecule has 0 bridgehead atoms. The van der Waals surface area contributed by atoms with Gasteiger partial charge in [-0.2, -0.15) is 0 Å². The van der Waals surface area contributed by atoms with Crippen LogP contribution in [0, 0.1) is 0 Å². The van der Waals surface area contributed by atoms with Crippen molar-refractivity contribution in [2.75, 3.05) is 13.1 Å². The Morgan fingerprint density at radius 3 is 2.55 bits per heavy atom. The van der Waals surface area contributed by atoms with Crippen molar-refractivity contribution in [1.29, 1.82) is 0 Å². The Kier molecular flexibility index (Phi) is 2.08. The minimum absolute atomic E-state index is 0.222. The highest BCUT2D eigenvalue weighted by atomic mass is 19.3. The predicted molar refractivity (Wildman–Crippen MR) is 35.0 cm³/mol. The van der Waals surface area contributed by atoms with Gasteiger partial charge in [0.15, 0.2) is 0 Å². The van der Waals surface area contributed by atoms with Gasteiger partial charge in [0.2, 0.25) is 5.91 Å². The quantitative estimate of drug-likeness (QED) is 0.639. The lowest BCUT2D eigenvalue weighted by molar-refractivity contribution is -0.161. The summed E-state index contributed by atoms with van der Waals surface area (Å²) in [4.78, 5) is 10.6. The first-order chi connectivity index (χ1) is 5.03. The zero-order valence-electron chi connectivity index (χ0n) is 6.23. The first kappa shape index (κ1) is 8.39. The number of hydrazine groups is 1. The molecule has 1 fully saturated rings. The van der Waals surface area contributed by atoms with Crippen LogP contribution >= 0.6 is 0 Å². The number of carbonyl (C=O) groups excluding carboxylic acids is 1. The van der Waals surface area contributed by atoms with Crippen LogP contribution in [0.3, 0.4) is 0 Å². The number of alkyl halides is 2. The maximum absolute atomic E-state index is 12.1. The lowest BCUT2D eigenvalue weighted by Crippen LogP contribution is -2.62. The Labute approximate surface area is 63.3 Å². The van der Waals surface area contributed by atoms with Gasteiger partial charge in [-0.3, -0.25) is 10.2 Å². The number of rotatable bonds is 2. The number of amides is 1. The van der Waals surface area contributed by atoms with E-state index in [1.807, 2.05) is 0 Å². The van der Waals surface area contributed by atoms with E-state index in [0.29, 0.717) is 6.42 Å². The van der Waals surface area contributed by atoms with E-state index < -0.39 is 5.92 Å². The predicted octanol–water partition coefficient (Wildman–Crippen LogP) is 0.378. The lowest BCUT2D eigenvalue weighted by Gasteiger charge is -2.38. The molecule has 11 heavy (non-hydrogen) atoms. The Bertz CT molecular complexity index is 164. The molecule has 0 spiro atoms. The second kappa shape index (κ2) is 2.73. The first-order valence-corrected chi connectivity index (χ1v) is 3.46. The summed E-state index contributed by atoms with van der Waals surface area (Å²) in [5, 5.41) is 1.21. The van der Waals surface area contributed by atoms with Crippen LogP contribution in [0.2, 0.25) is 0 Å². The van der Waals surface area contributed by atoms with Crippen molar-refractivity contribution in [3.63, 3.8) is 0 Å². The molecule has 1 rings (SSSR count). The van der Waals surface area contributed by atoms with Gasteiger partial charge < -0.3 is 0 Å². The molecule has 0 aliphatic carbocycles. The van der Waals surface area contributed by atoms with Gasteiger partial charge in [0.05, 0.1) is 13.1 Å². The van der Waals surface area contributed by atoms with Crippen LogP contribution in [-0.4, -0.2) is 29.9 Å². The highest BCUT2D eigenvalue weighted by molar-refractivity contribution is 5.75. The van der Waals surface area contributed by atoms with Crippen molar-refractivity contribution in [2.24, 2.45) is 0 Å². The topological polar surface area (TPSA) is 32.3 Å². The maximum Gasteiger partial charge on any atom is 0.276 e. The summed E-state index contributed by atoms with van der Waals surface area (Å²) in [6.45, 7) is 0.949. The standard InChI is InChI=1S/C6H10F2N2O/c1-2-5(11)9-10-3-6(7,8)4-10/h2-4H2,1H3,(H,9,11). The van der Waals surface area contributed by atoms with E-state index in [2.05, 4.69) is 5.43 Å². The van der Waals surface area contributed by atoms with Crippen molar-refractivity contribution in [3.8, 4) is 0 Å². The molecule has 1 heterocycles. The molecule has 3 nitrogen and oxygen atoms in total. The maximum atomic E-state index is 12.1. The normalized spacial score (nSPS) is 22.5. The number of carbonyl (C=O) groups is 1. The number of nitrogens with zero attached hydrogens (tertiary/aromatic N) is 1. The molecule has 0 unspecified atom stereocenters. The molecular weight excluding hydrogens is 154 g/mol. The van der Waals surface area contributed by atoms with Gasteiger partial charge in [0.25, 0.3) is 5.92 Å². The summed E-state index contributed by atoms with van der Waals surface area (Å²) < 4.78 is 24.3. The van der Waals surface area contributed by atoms with Gasteiger partial charge in [0, 0.05) is 6.42 Å². The fourth-order valence-corrected chi connectivity index (χ4v) is 0.847. The summed E-state index contributed by atoms with van der Waals surface area (Å²) in [5.41, 5.74) is 2.34. The number of hydrogen-bond acceptors (Lipinski definition) is 2. The van der Waals surface area contributed by atoms with E-state index >= 15 is 0 Å². The largest absolute Gasteiger partial charge is 0.288 e.